The molecule has 1 aromatic carbocycles. The fourth-order valence-electron chi connectivity index (χ4n) is 4.44. The van der Waals surface area contributed by atoms with Crippen LogP contribution in [0.2, 0.25) is 0 Å². The minimum atomic E-state index is -0.506. The average molecular weight is 398 g/mol. The van der Waals surface area contributed by atoms with Gasteiger partial charge in [-0.1, -0.05) is 25.0 Å². The molecule has 0 unspecified atom stereocenters. The minimum Gasteiger partial charge on any atom is -0.339 e. The first-order chi connectivity index (χ1) is 14.0. The van der Waals surface area contributed by atoms with Crippen LogP contribution in [0.3, 0.4) is 0 Å². The molecule has 2 aromatic rings. The largest absolute Gasteiger partial charge is 0.339 e. The summed E-state index contributed by atoms with van der Waals surface area (Å²) >= 11 is 0. The van der Waals surface area contributed by atoms with E-state index in [2.05, 4.69) is 4.98 Å². The predicted octanol–water partition coefficient (Wildman–Crippen LogP) is 0.941. The number of carbonyl (C=O) groups is 2. The molecular formula is C21H26N4O4. The number of aromatic amines is 1. The molecule has 0 bridgehead atoms. The third-order valence-electron chi connectivity index (χ3n) is 6.10. The van der Waals surface area contributed by atoms with E-state index in [9.17, 15) is 19.2 Å². The Morgan fingerprint density at radius 2 is 1.62 bits per heavy atom. The zero-order chi connectivity index (χ0) is 20.4. The Morgan fingerprint density at radius 1 is 0.966 bits per heavy atom. The molecule has 1 N–H and O–H groups in total. The van der Waals surface area contributed by atoms with Crippen LogP contribution < -0.4 is 11.2 Å². The fourth-order valence-corrected chi connectivity index (χ4v) is 4.44. The average Bonchev–Trinajstić information content (AvgIpc) is 3.28. The molecule has 0 spiro atoms. The van der Waals surface area contributed by atoms with Gasteiger partial charge in [-0.05, 0) is 25.0 Å². The van der Waals surface area contributed by atoms with Gasteiger partial charge in [-0.15, -0.1) is 0 Å². The van der Waals surface area contributed by atoms with E-state index in [0.29, 0.717) is 37.1 Å². The Labute approximate surface area is 168 Å². The summed E-state index contributed by atoms with van der Waals surface area (Å²) in [5, 5.41) is 0.429. The van der Waals surface area contributed by atoms with E-state index in [1.807, 2.05) is 4.90 Å². The molecule has 154 valence electrons. The molecule has 29 heavy (non-hydrogen) atoms. The number of piperazine rings is 1. The van der Waals surface area contributed by atoms with Crippen molar-refractivity contribution in [1.29, 1.82) is 0 Å². The third-order valence-corrected chi connectivity index (χ3v) is 6.10. The lowest BCUT2D eigenvalue weighted by Crippen LogP contribution is -2.52. The van der Waals surface area contributed by atoms with Crippen molar-refractivity contribution in [3.8, 4) is 0 Å². The first kappa shape index (κ1) is 19.4. The highest BCUT2D eigenvalue weighted by Crippen LogP contribution is 2.27. The van der Waals surface area contributed by atoms with Crippen molar-refractivity contribution < 1.29 is 9.59 Å². The summed E-state index contributed by atoms with van der Waals surface area (Å²) in [5.41, 5.74) is -0.397. The van der Waals surface area contributed by atoms with E-state index in [1.54, 1.807) is 29.2 Å². The Balaban J connectivity index is 1.37. The first-order valence-corrected chi connectivity index (χ1v) is 10.3. The van der Waals surface area contributed by atoms with Gasteiger partial charge in [-0.3, -0.25) is 23.9 Å². The Kier molecular flexibility index (Phi) is 5.51. The van der Waals surface area contributed by atoms with Gasteiger partial charge < -0.3 is 9.80 Å². The highest BCUT2D eigenvalue weighted by molar-refractivity contribution is 5.81. The molecule has 2 amide bonds. The summed E-state index contributed by atoms with van der Waals surface area (Å²) < 4.78 is 1.44. The van der Waals surface area contributed by atoms with Crippen molar-refractivity contribution in [2.45, 2.75) is 38.6 Å². The van der Waals surface area contributed by atoms with Crippen molar-refractivity contribution in [2.24, 2.45) is 5.92 Å². The first-order valence-electron chi connectivity index (χ1n) is 10.3. The van der Waals surface area contributed by atoms with Gasteiger partial charge in [-0.25, -0.2) is 4.79 Å². The van der Waals surface area contributed by atoms with Crippen LogP contribution in [-0.4, -0.2) is 57.3 Å². The number of para-hydroxylation sites is 1. The second kappa shape index (κ2) is 8.23. The van der Waals surface area contributed by atoms with Gasteiger partial charge in [0.1, 0.15) is 0 Å². The molecule has 2 heterocycles. The zero-order valence-corrected chi connectivity index (χ0v) is 16.4. The van der Waals surface area contributed by atoms with E-state index >= 15 is 0 Å². The molecular weight excluding hydrogens is 372 g/mol. The number of H-pyrrole nitrogens is 1. The molecule has 0 radical (unpaired) electrons. The number of aromatic nitrogens is 2. The fraction of sp³-hybridized carbons (Fsp3) is 0.524. The molecule has 1 saturated heterocycles. The van der Waals surface area contributed by atoms with Gasteiger partial charge in [-0.2, -0.15) is 0 Å². The van der Waals surface area contributed by atoms with Gasteiger partial charge in [0.2, 0.25) is 11.8 Å². The molecule has 0 atom stereocenters. The Hall–Kier alpha value is -2.90. The van der Waals surface area contributed by atoms with Crippen LogP contribution in [0.15, 0.2) is 33.9 Å². The highest BCUT2D eigenvalue weighted by atomic mass is 16.2. The van der Waals surface area contributed by atoms with Gasteiger partial charge in [0.05, 0.1) is 10.9 Å². The van der Waals surface area contributed by atoms with Gasteiger partial charge in [0.25, 0.3) is 5.56 Å². The van der Waals surface area contributed by atoms with Crippen molar-refractivity contribution in [3.63, 3.8) is 0 Å². The standard InChI is InChI=1S/C21H26N4O4/c26-18(23-11-13-24(14-12-23)20(28)15-5-1-2-6-15)9-10-25-17-8-4-3-7-16(17)19(27)22-21(25)29/h3-4,7-8,15H,1-2,5-6,9-14H2,(H,22,27,29). The normalized spacial score (nSPS) is 17.8. The van der Waals surface area contributed by atoms with E-state index in [1.165, 1.54) is 4.57 Å². The lowest BCUT2D eigenvalue weighted by atomic mass is 10.1. The number of rotatable bonds is 4. The molecule has 1 aliphatic heterocycles. The van der Waals surface area contributed by atoms with Crippen molar-refractivity contribution >= 4 is 22.7 Å². The smallest absolute Gasteiger partial charge is 0.328 e. The van der Waals surface area contributed by atoms with Crippen LogP contribution in [0.1, 0.15) is 32.1 Å². The monoisotopic (exact) mass is 398 g/mol. The highest BCUT2D eigenvalue weighted by Gasteiger charge is 2.30. The number of amides is 2. The van der Waals surface area contributed by atoms with Crippen LogP contribution in [0, 0.1) is 5.92 Å². The number of hydrogen-bond acceptors (Lipinski definition) is 4. The summed E-state index contributed by atoms with van der Waals surface area (Å²) in [4.78, 5) is 55.3. The summed E-state index contributed by atoms with van der Waals surface area (Å²) in [6.07, 6.45) is 4.41. The maximum Gasteiger partial charge on any atom is 0.328 e. The molecule has 8 heteroatoms. The lowest BCUT2D eigenvalue weighted by molar-refractivity contribution is -0.142. The predicted molar refractivity (Wildman–Crippen MR) is 109 cm³/mol. The summed E-state index contributed by atoms with van der Waals surface area (Å²) in [6, 6.07) is 6.88. The van der Waals surface area contributed by atoms with E-state index in [4.69, 9.17) is 0 Å². The molecule has 4 rings (SSSR count). The van der Waals surface area contributed by atoms with Gasteiger partial charge >= 0.3 is 5.69 Å². The number of nitrogens with one attached hydrogen (secondary N) is 1. The Morgan fingerprint density at radius 3 is 2.34 bits per heavy atom. The van der Waals surface area contributed by atoms with Crippen molar-refractivity contribution in [1.82, 2.24) is 19.4 Å². The number of fused-ring (bicyclic) bond motifs is 1. The van der Waals surface area contributed by atoms with Crippen LogP contribution in [0.4, 0.5) is 0 Å². The van der Waals surface area contributed by atoms with Crippen molar-refractivity contribution in [3.05, 3.63) is 45.1 Å². The number of nitrogens with zero attached hydrogens (tertiary/aromatic N) is 3. The number of carbonyl (C=O) groups excluding carboxylic acids is 2. The second-order valence-corrected chi connectivity index (χ2v) is 7.87. The maximum absolute atomic E-state index is 12.7. The molecule has 2 fully saturated rings. The number of benzene rings is 1. The summed E-state index contributed by atoms with van der Waals surface area (Å²) in [7, 11) is 0. The van der Waals surface area contributed by atoms with Crippen LogP contribution in [-0.2, 0) is 16.1 Å². The molecule has 2 aliphatic rings. The van der Waals surface area contributed by atoms with Crippen LogP contribution in [0.5, 0.6) is 0 Å². The zero-order valence-electron chi connectivity index (χ0n) is 16.4. The van der Waals surface area contributed by atoms with Crippen molar-refractivity contribution in [2.75, 3.05) is 26.2 Å². The molecule has 8 nitrogen and oxygen atoms in total. The number of hydrogen-bond donors (Lipinski definition) is 1. The minimum absolute atomic E-state index is 0.0415. The summed E-state index contributed by atoms with van der Waals surface area (Å²) in [5.74, 6) is 0.360. The maximum atomic E-state index is 12.7. The molecule has 1 aromatic heterocycles. The van der Waals surface area contributed by atoms with Crippen LogP contribution in [0.25, 0.3) is 10.9 Å². The van der Waals surface area contributed by atoms with E-state index < -0.39 is 11.2 Å². The van der Waals surface area contributed by atoms with Gasteiger partial charge in [0, 0.05) is 45.1 Å². The quantitative estimate of drug-likeness (QED) is 0.829. The topological polar surface area (TPSA) is 95.5 Å². The van der Waals surface area contributed by atoms with Crippen LogP contribution >= 0.6 is 0 Å². The third kappa shape index (κ3) is 3.97. The molecule has 1 aliphatic carbocycles. The van der Waals surface area contributed by atoms with E-state index in [-0.39, 0.29) is 30.7 Å². The number of aryl methyl sites for hydroxylation is 1. The Bertz CT molecular complexity index is 1030. The SMILES string of the molecule is O=C(CCn1c(=O)[nH]c(=O)c2ccccc21)N1CCN(C(=O)C2CCCC2)CC1. The second-order valence-electron chi connectivity index (χ2n) is 7.87. The van der Waals surface area contributed by atoms with Gasteiger partial charge in [0.15, 0.2) is 0 Å². The lowest BCUT2D eigenvalue weighted by Gasteiger charge is -2.36. The summed E-state index contributed by atoms with van der Waals surface area (Å²) in [6.45, 7) is 2.40. The molecule has 1 saturated carbocycles. The van der Waals surface area contributed by atoms with E-state index in [0.717, 1.165) is 25.7 Å².